The Balaban J connectivity index is 1.52. The van der Waals surface area contributed by atoms with Crippen LogP contribution in [0, 0.1) is 5.82 Å². The van der Waals surface area contributed by atoms with E-state index in [1.54, 1.807) is 36.4 Å². The molecule has 4 aromatic carbocycles. The van der Waals surface area contributed by atoms with Gasteiger partial charge in [0, 0.05) is 30.2 Å². The Labute approximate surface area is 215 Å². The summed E-state index contributed by atoms with van der Waals surface area (Å²) in [5.74, 6) is -0.616. The van der Waals surface area contributed by atoms with Crippen LogP contribution in [0.4, 0.5) is 4.39 Å². The molecule has 4 aromatic rings. The molecule has 184 valence electrons. The van der Waals surface area contributed by atoms with Gasteiger partial charge in [-0.2, -0.15) is 4.31 Å². The molecule has 4 rings (SSSR count). The standard InChI is InChI=1S/C28H24ClFN2O3S/c29-25-12-16-27(17-13-25)36(34,35)32(20-23-8-14-26(30)15-9-23)19-22-6-10-24(11-7-22)28(33)31-18-21-4-2-1-3-5-21/h1-17H,18-20H2,(H,31,33). The van der Waals surface area contributed by atoms with Crippen LogP contribution in [-0.2, 0) is 29.7 Å². The predicted octanol–water partition coefficient (Wildman–Crippen LogP) is 5.80. The maximum Gasteiger partial charge on any atom is 0.251 e. The van der Waals surface area contributed by atoms with Crippen LogP contribution in [0.15, 0.2) is 108 Å². The number of hydrogen-bond acceptors (Lipinski definition) is 3. The lowest BCUT2D eigenvalue weighted by molar-refractivity contribution is 0.0951. The van der Waals surface area contributed by atoms with Crippen molar-refractivity contribution in [3.8, 4) is 0 Å². The van der Waals surface area contributed by atoms with E-state index in [0.717, 1.165) is 5.56 Å². The summed E-state index contributed by atoms with van der Waals surface area (Å²) in [5, 5.41) is 3.31. The molecule has 0 unspecified atom stereocenters. The Bertz CT molecular complexity index is 1410. The monoisotopic (exact) mass is 522 g/mol. The first-order valence-electron chi connectivity index (χ1n) is 11.2. The van der Waals surface area contributed by atoms with Gasteiger partial charge in [-0.05, 0) is 65.2 Å². The Morgan fingerprint density at radius 2 is 1.31 bits per heavy atom. The van der Waals surface area contributed by atoms with Crippen molar-refractivity contribution in [3.05, 3.63) is 136 Å². The van der Waals surface area contributed by atoms with Crippen LogP contribution in [-0.4, -0.2) is 18.6 Å². The third kappa shape index (κ3) is 6.57. The van der Waals surface area contributed by atoms with Crippen molar-refractivity contribution in [1.29, 1.82) is 0 Å². The fourth-order valence-corrected chi connectivity index (χ4v) is 5.16. The molecule has 0 saturated carbocycles. The average molecular weight is 523 g/mol. The van der Waals surface area contributed by atoms with E-state index < -0.39 is 15.8 Å². The Kier molecular flexibility index (Phi) is 8.15. The number of amides is 1. The van der Waals surface area contributed by atoms with Gasteiger partial charge in [0.2, 0.25) is 10.0 Å². The Morgan fingerprint density at radius 1 is 0.750 bits per heavy atom. The summed E-state index contributed by atoms with van der Waals surface area (Å²) in [4.78, 5) is 12.6. The van der Waals surface area contributed by atoms with Gasteiger partial charge in [0.15, 0.2) is 0 Å². The minimum Gasteiger partial charge on any atom is -0.348 e. The molecule has 1 N–H and O–H groups in total. The van der Waals surface area contributed by atoms with Crippen molar-refractivity contribution >= 4 is 27.5 Å². The zero-order valence-corrected chi connectivity index (χ0v) is 20.8. The number of carbonyl (C=O) groups excluding carboxylic acids is 1. The maximum atomic E-state index is 13.5. The molecule has 0 radical (unpaired) electrons. The molecule has 8 heteroatoms. The van der Waals surface area contributed by atoms with Crippen molar-refractivity contribution < 1.29 is 17.6 Å². The molecule has 0 aliphatic heterocycles. The number of hydrogen-bond donors (Lipinski definition) is 1. The van der Waals surface area contributed by atoms with Gasteiger partial charge in [0.1, 0.15) is 5.82 Å². The summed E-state index contributed by atoms with van der Waals surface area (Å²) < 4.78 is 41.6. The maximum absolute atomic E-state index is 13.5. The highest BCUT2D eigenvalue weighted by Gasteiger charge is 2.25. The number of sulfonamides is 1. The summed E-state index contributed by atoms with van der Waals surface area (Å²) in [7, 11) is -3.89. The second kappa shape index (κ2) is 11.5. The zero-order chi connectivity index (χ0) is 25.5. The van der Waals surface area contributed by atoms with Crippen molar-refractivity contribution in [2.75, 3.05) is 0 Å². The van der Waals surface area contributed by atoms with Crippen molar-refractivity contribution in [3.63, 3.8) is 0 Å². The third-order valence-corrected chi connectivity index (χ3v) is 7.65. The van der Waals surface area contributed by atoms with Crippen LogP contribution in [0.5, 0.6) is 0 Å². The smallest absolute Gasteiger partial charge is 0.251 e. The summed E-state index contributed by atoms with van der Waals surface area (Å²) in [5.41, 5.74) is 2.81. The third-order valence-electron chi connectivity index (χ3n) is 5.59. The van der Waals surface area contributed by atoms with E-state index in [1.807, 2.05) is 30.3 Å². The van der Waals surface area contributed by atoms with Gasteiger partial charge in [-0.3, -0.25) is 4.79 Å². The molecule has 0 aliphatic rings. The topological polar surface area (TPSA) is 66.5 Å². The van der Waals surface area contributed by atoms with Crippen molar-refractivity contribution in [1.82, 2.24) is 9.62 Å². The van der Waals surface area contributed by atoms with Crippen molar-refractivity contribution in [2.24, 2.45) is 0 Å². The van der Waals surface area contributed by atoms with Crippen LogP contribution in [0.1, 0.15) is 27.0 Å². The summed E-state index contributed by atoms with van der Waals surface area (Å²) in [6, 6.07) is 28.0. The molecule has 0 atom stereocenters. The number of rotatable bonds is 9. The highest BCUT2D eigenvalue weighted by Crippen LogP contribution is 2.23. The van der Waals surface area contributed by atoms with Gasteiger partial charge in [0.05, 0.1) is 4.90 Å². The van der Waals surface area contributed by atoms with Gasteiger partial charge in [-0.25, -0.2) is 12.8 Å². The molecular weight excluding hydrogens is 499 g/mol. The summed E-state index contributed by atoms with van der Waals surface area (Å²) in [6.45, 7) is 0.519. The second-order valence-corrected chi connectivity index (χ2v) is 10.6. The average Bonchev–Trinajstić information content (AvgIpc) is 2.89. The van der Waals surface area contributed by atoms with Crippen LogP contribution in [0.2, 0.25) is 5.02 Å². The van der Waals surface area contributed by atoms with Gasteiger partial charge >= 0.3 is 0 Å². The number of carbonyl (C=O) groups is 1. The molecular formula is C28H24ClFN2O3S. The SMILES string of the molecule is O=C(NCc1ccccc1)c1ccc(CN(Cc2ccc(F)cc2)S(=O)(=O)c2ccc(Cl)cc2)cc1. The molecule has 36 heavy (non-hydrogen) atoms. The predicted molar refractivity (Wildman–Crippen MR) is 138 cm³/mol. The van der Waals surface area contributed by atoms with E-state index in [1.165, 1.54) is 40.7 Å². The lowest BCUT2D eigenvalue weighted by atomic mass is 10.1. The van der Waals surface area contributed by atoms with Crippen molar-refractivity contribution in [2.45, 2.75) is 24.5 Å². The molecule has 0 aliphatic carbocycles. The van der Waals surface area contributed by atoms with E-state index in [0.29, 0.717) is 28.3 Å². The fraction of sp³-hybridized carbons (Fsp3) is 0.107. The quantitative estimate of drug-likeness (QED) is 0.302. The van der Waals surface area contributed by atoms with Crippen LogP contribution in [0.25, 0.3) is 0 Å². The van der Waals surface area contributed by atoms with Gasteiger partial charge in [0.25, 0.3) is 5.91 Å². The van der Waals surface area contributed by atoms with Crippen LogP contribution in [0.3, 0.4) is 0 Å². The molecule has 0 bridgehead atoms. The minimum absolute atomic E-state index is 0.0462. The number of halogens is 2. The highest BCUT2D eigenvalue weighted by atomic mass is 35.5. The van der Waals surface area contributed by atoms with Crippen LogP contribution >= 0.6 is 11.6 Å². The highest BCUT2D eigenvalue weighted by molar-refractivity contribution is 7.89. The first kappa shape index (κ1) is 25.6. The fourth-order valence-electron chi connectivity index (χ4n) is 3.62. The molecule has 0 aromatic heterocycles. The first-order valence-corrected chi connectivity index (χ1v) is 13.0. The second-order valence-electron chi connectivity index (χ2n) is 8.22. The lowest BCUT2D eigenvalue weighted by Gasteiger charge is -2.23. The largest absolute Gasteiger partial charge is 0.348 e. The van der Waals surface area contributed by atoms with E-state index in [9.17, 15) is 17.6 Å². The number of nitrogens with zero attached hydrogens (tertiary/aromatic N) is 1. The molecule has 0 heterocycles. The lowest BCUT2D eigenvalue weighted by Crippen LogP contribution is -2.30. The Hall–Kier alpha value is -3.52. The summed E-state index contributed by atoms with van der Waals surface area (Å²) in [6.07, 6.45) is 0. The Morgan fingerprint density at radius 3 is 1.89 bits per heavy atom. The molecule has 0 spiro atoms. The number of benzene rings is 4. The zero-order valence-electron chi connectivity index (χ0n) is 19.3. The molecule has 1 amide bonds. The van der Waals surface area contributed by atoms with E-state index in [2.05, 4.69) is 5.32 Å². The molecule has 0 saturated heterocycles. The normalized spacial score (nSPS) is 11.4. The van der Waals surface area contributed by atoms with E-state index in [4.69, 9.17) is 11.6 Å². The molecule has 0 fully saturated rings. The summed E-state index contributed by atoms with van der Waals surface area (Å²) >= 11 is 5.94. The van der Waals surface area contributed by atoms with E-state index >= 15 is 0 Å². The number of nitrogens with one attached hydrogen (secondary N) is 1. The first-order chi connectivity index (χ1) is 17.3. The van der Waals surface area contributed by atoms with Gasteiger partial charge < -0.3 is 5.32 Å². The minimum atomic E-state index is -3.89. The van der Waals surface area contributed by atoms with Gasteiger partial charge in [-0.15, -0.1) is 0 Å². The van der Waals surface area contributed by atoms with E-state index in [-0.39, 0.29) is 23.9 Å². The molecule has 5 nitrogen and oxygen atoms in total. The van der Waals surface area contributed by atoms with Gasteiger partial charge in [-0.1, -0.05) is 66.2 Å². The van der Waals surface area contributed by atoms with Crippen LogP contribution < -0.4 is 5.32 Å².